The first-order valence-electron chi connectivity index (χ1n) is 7.66. The zero-order chi connectivity index (χ0) is 15.4. The lowest BCUT2D eigenvalue weighted by atomic mass is 9.96. The summed E-state index contributed by atoms with van der Waals surface area (Å²) < 4.78 is 7.40. The van der Waals surface area contributed by atoms with Crippen molar-refractivity contribution >= 4 is 5.91 Å². The molecule has 0 unspecified atom stereocenters. The summed E-state index contributed by atoms with van der Waals surface area (Å²) in [5, 5.41) is 0. The number of carbonyl (C=O) groups excluding carboxylic acids is 1. The number of piperidine rings is 1. The number of benzene rings is 1. The number of aromatic nitrogens is 2. The number of likely N-dealkylation sites (tertiary alicyclic amines) is 1. The third-order valence-corrected chi connectivity index (χ3v) is 4.27. The van der Waals surface area contributed by atoms with Gasteiger partial charge in [-0.2, -0.15) is 0 Å². The largest absolute Gasteiger partial charge is 0.496 e. The molecule has 0 N–H and O–H groups in total. The number of hydrogen-bond donors (Lipinski definition) is 0. The first kappa shape index (κ1) is 14.6. The molecule has 5 heteroatoms. The van der Waals surface area contributed by atoms with E-state index in [2.05, 4.69) is 9.55 Å². The number of carbonyl (C=O) groups is 1. The summed E-state index contributed by atoms with van der Waals surface area (Å²) in [5.74, 6) is 1.32. The summed E-state index contributed by atoms with van der Waals surface area (Å²) in [4.78, 5) is 18.6. The molecule has 116 valence electrons. The van der Waals surface area contributed by atoms with E-state index in [0.29, 0.717) is 17.2 Å². The number of imidazole rings is 1. The van der Waals surface area contributed by atoms with E-state index < -0.39 is 0 Å². The highest BCUT2D eigenvalue weighted by molar-refractivity contribution is 5.97. The van der Waals surface area contributed by atoms with Crippen LogP contribution in [0.5, 0.6) is 5.75 Å². The fourth-order valence-electron chi connectivity index (χ4n) is 3.00. The second-order valence-electron chi connectivity index (χ2n) is 5.70. The van der Waals surface area contributed by atoms with E-state index in [4.69, 9.17) is 4.74 Å². The van der Waals surface area contributed by atoms with E-state index in [-0.39, 0.29) is 5.91 Å². The molecule has 0 aliphatic carbocycles. The zero-order valence-corrected chi connectivity index (χ0v) is 12.8. The van der Waals surface area contributed by atoms with Gasteiger partial charge in [0.15, 0.2) is 0 Å². The second kappa shape index (κ2) is 6.64. The van der Waals surface area contributed by atoms with Crippen LogP contribution in [-0.2, 0) is 6.54 Å². The van der Waals surface area contributed by atoms with Crippen molar-refractivity contribution in [3.05, 3.63) is 48.5 Å². The molecule has 0 atom stereocenters. The van der Waals surface area contributed by atoms with Gasteiger partial charge in [-0.05, 0) is 30.9 Å². The molecule has 22 heavy (non-hydrogen) atoms. The molecule has 1 aromatic heterocycles. The Labute approximate surface area is 130 Å². The van der Waals surface area contributed by atoms with Crippen molar-refractivity contribution in [2.24, 2.45) is 5.92 Å². The van der Waals surface area contributed by atoms with Crippen LogP contribution in [-0.4, -0.2) is 40.6 Å². The Kier molecular flexibility index (Phi) is 4.42. The second-order valence-corrected chi connectivity index (χ2v) is 5.70. The molecular formula is C17H21N3O2. The standard InChI is InChI=1S/C17H21N3O2/c1-22-16-5-3-2-4-15(16)17(21)20-9-6-14(7-10-20)12-19-11-8-18-13-19/h2-5,8,11,13-14H,6-7,9-10,12H2,1H3. The number of ether oxygens (including phenoxy) is 1. The van der Waals surface area contributed by atoms with Gasteiger partial charge in [-0.25, -0.2) is 4.98 Å². The van der Waals surface area contributed by atoms with Gasteiger partial charge in [-0.3, -0.25) is 4.79 Å². The van der Waals surface area contributed by atoms with Gasteiger partial charge in [0, 0.05) is 32.0 Å². The molecule has 3 rings (SSSR count). The maximum atomic E-state index is 12.6. The molecular weight excluding hydrogens is 278 g/mol. The van der Waals surface area contributed by atoms with Crippen molar-refractivity contribution in [3.63, 3.8) is 0 Å². The summed E-state index contributed by atoms with van der Waals surface area (Å²) in [7, 11) is 1.60. The quantitative estimate of drug-likeness (QED) is 0.871. The van der Waals surface area contributed by atoms with Gasteiger partial charge in [0.1, 0.15) is 5.75 Å². The Morgan fingerprint density at radius 2 is 2.09 bits per heavy atom. The molecule has 1 amide bonds. The highest BCUT2D eigenvalue weighted by Gasteiger charge is 2.25. The maximum Gasteiger partial charge on any atom is 0.257 e. The van der Waals surface area contributed by atoms with Gasteiger partial charge in [-0.1, -0.05) is 12.1 Å². The molecule has 1 aromatic carbocycles. The number of rotatable bonds is 4. The number of methoxy groups -OCH3 is 1. The predicted octanol–water partition coefficient (Wildman–Crippen LogP) is 2.44. The Morgan fingerprint density at radius 1 is 1.32 bits per heavy atom. The molecule has 1 saturated heterocycles. The van der Waals surface area contributed by atoms with Crippen molar-refractivity contribution in [2.75, 3.05) is 20.2 Å². The van der Waals surface area contributed by atoms with Crippen LogP contribution in [0.25, 0.3) is 0 Å². The average molecular weight is 299 g/mol. The average Bonchev–Trinajstić information content (AvgIpc) is 3.08. The van der Waals surface area contributed by atoms with E-state index in [1.165, 1.54) is 0 Å². The van der Waals surface area contributed by atoms with Crippen LogP contribution in [0.4, 0.5) is 0 Å². The van der Waals surface area contributed by atoms with Crippen molar-refractivity contribution in [1.29, 1.82) is 0 Å². The van der Waals surface area contributed by atoms with Crippen molar-refractivity contribution < 1.29 is 9.53 Å². The van der Waals surface area contributed by atoms with Crippen LogP contribution in [0.1, 0.15) is 23.2 Å². The Morgan fingerprint density at radius 3 is 2.77 bits per heavy atom. The summed E-state index contributed by atoms with van der Waals surface area (Å²) in [6.45, 7) is 2.59. The van der Waals surface area contributed by atoms with Crippen molar-refractivity contribution in [2.45, 2.75) is 19.4 Å². The van der Waals surface area contributed by atoms with Crippen LogP contribution in [0, 0.1) is 5.92 Å². The summed E-state index contributed by atoms with van der Waals surface area (Å²) in [6.07, 6.45) is 7.71. The maximum absolute atomic E-state index is 12.6. The SMILES string of the molecule is COc1ccccc1C(=O)N1CCC(Cn2ccnc2)CC1. The monoisotopic (exact) mass is 299 g/mol. The van der Waals surface area contributed by atoms with Crippen LogP contribution in [0.3, 0.4) is 0 Å². The number of para-hydroxylation sites is 1. The molecule has 1 fully saturated rings. The van der Waals surface area contributed by atoms with Crippen LogP contribution >= 0.6 is 0 Å². The van der Waals surface area contributed by atoms with Gasteiger partial charge in [0.05, 0.1) is 19.0 Å². The fourth-order valence-corrected chi connectivity index (χ4v) is 3.00. The van der Waals surface area contributed by atoms with Gasteiger partial charge in [0.25, 0.3) is 5.91 Å². The highest BCUT2D eigenvalue weighted by Crippen LogP contribution is 2.24. The predicted molar refractivity (Wildman–Crippen MR) is 83.8 cm³/mol. The molecule has 0 saturated carbocycles. The van der Waals surface area contributed by atoms with Crippen molar-refractivity contribution in [1.82, 2.24) is 14.5 Å². The lowest BCUT2D eigenvalue weighted by Gasteiger charge is -2.32. The molecule has 0 radical (unpaired) electrons. The number of hydrogen-bond acceptors (Lipinski definition) is 3. The number of amides is 1. The minimum atomic E-state index is 0.0681. The van der Waals surface area contributed by atoms with Crippen LogP contribution in [0.2, 0.25) is 0 Å². The third-order valence-electron chi connectivity index (χ3n) is 4.27. The molecule has 1 aliphatic heterocycles. The minimum Gasteiger partial charge on any atom is -0.496 e. The summed E-state index contributed by atoms with van der Waals surface area (Å²) in [6, 6.07) is 7.42. The molecule has 2 heterocycles. The highest BCUT2D eigenvalue weighted by atomic mass is 16.5. The normalized spacial score (nSPS) is 15.8. The van der Waals surface area contributed by atoms with Gasteiger partial charge in [0.2, 0.25) is 0 Å². The molecule has 5 nitrogen and oxygen atoms in total. The van der Waals surface area contributed by atoms with Crippen LogP contribution < -0.4 is 4.74 Å². The van der Waals surface area contributed by atoms with E-state index >= 15 is 0 Å². The lowest BCUT2D eigenvalue weighted by Crippen LogP contribution is -2.39. The Bertz CT molecular complexity index is 617. The Balaban J connectivity index is 1.60. The zero-order valence-electron chi connectivity index (χ0n) is 12.8. The first-order valence-corrected chi connectivity index (χ1v) is 7.66. The van der Waals surface area contributed by atoms with E-state index in [9.17, 15) is 4.79 Å². The van der Waals surface area contributed by atoms with Gasteiger partial charge < -0.3 is 14.2 Å². The smallest absolute Gasteiger partial charge is 0.257 e. The van der Waals surface area contributed by atoms with Gasteiger partial charge in [-0.15, -0.1) is 0 Å². The number of nitrogens with zero attached hydrogens (tertiary/aromatic N) is 3. The lowest BCUT2D eigenvalue weighted by molar-refractivity contribution is 0.0679. The van der Waals surface area contributed by atoms with Crippen molar-refractivity contribution in [3.8, 4) is 5.75 Å². The third kappa shape index (κ3) is 3.13. The van der Waals surface area contributed by atoms with Gasteiger partial charge >= 0.3 is 0 Å². The first-order chi connectivity index (χ1) is 10.8. The van der Waals surface area contributed by atoms with E-state index in [1.807, 2.05) is 41.7 Å². The summed E-state index contributed by atoms with van der Waals surface area (Å²) in [5.41, 5.74) is 0.651. The molecule has 2 aromatic rings. The topological polar surface area (TPSA) is 47.4 Å². The minimum absolute atomic E-state index is 0.0681. The molecule has 0 spiro atoms. The fraction of sp³-hybridized carbons (Fsp3) is 0.412. The molecule has 0 bridgehead atoms. The van der Waals surface area contributed by atoms with E-state index in [1.54, 1.807) is 13.3 Å². The van der Waals surface area contributed by atoms with E-state index in [0.717, 1.165) is 32.5 Å². The van der Waals surface area contributed by atoms with Crippen LogP contribution in [0.15, 0.2) is 43.0 Å². The summed E-state index contributed by atoms with van der Waals surface area (Å²) >= 11 is 0. The molecule has 1 aliphatic rings. The Hall–Kier alpha value is -2.30.